The summed E-state index contributed by atoms with van der Waals surface area (Å²) in [5.74, 6) is 0.592. The van der Waals surface area contributed by atoms with Gasteiger partial charge in [-0.2, -0.15) is 0 Å². The lowest BCUT2D eigenvalue weighted by Crippen LogP contribution is -2.48. The van der Waals surface area contributed by atoms with E-state index in [9.17, 15) is 4.79 Å². The molecule has 1 aliphatic heterocycles. The number of carbonyl (C=O) groups is 1. The van der Waals surface area contributed by atoms with Crippen molar-refractivity contribution in [3.63, 3.8) is 0 Å². The number of carbonyl (C=O) groups excluding carboxylic acids is 1. The van der Waals surface area contributed by atoms with E-state index in [0.717, 1.165) is 24.3 Å². The maximum absolute atomic E-state index is 11.0. The Bertz CT molecular complexity index is 457. The molecular formula is C16H25N3O. The van der Waals surface area contributed by atoms with E-state index < -0.39 is 0 Å². The Morgan fingerprint density at radius 1 is 1.20 bits per heavy atom. The molecule has 3 atom stereocenters. The minimum Gasteiger partial charge on any atom is -0.382 e. The zero-order valence-corrected chi connectivity index (χ0v) is 12.8. The Labute approximate surface area is 121 Å². The van der Waals surface area contributed by atoms with Gasteiger partial charge in [0.2, 0.25) is 5.91 Å². The van der Waals surface area contributed by atoms with Crippen LogP contribution in [0.25, 0.3) is 0 Å². The first-order valence-electron chi connectivity index (χ1n) is 7.30. The maximum atomic E-state index is 11.0. The summed E-state index contributed by atoms with van der Waals surface area (Å²) in [6, 6.07) is 9.05. The van der Waals surface area contributed by atoms with Gasteiger partial charge in [-0.1, -0.05) is 6.92 Å². The molecule has 0 saturated carbocycles. The molecule has 110 valence electrons. The highest BCUT2D eigenvalue weighted by molar-refractivity contribution is 5.88. The quantitative estimate of drug-likeness (QED) is 0.891. The third kappa shape index (κ3) is 3.73. The summed E-state index contributed by atoms with van der Waals surface area (Å²) in [5, 5.41) is 6.41. The van der Waals surface area contributed by atoms with E-state index in [1.807, 2.05) is 24.3 Å². The molecule has 0 aromatic heterocycles. The number of benzene rings is 1. The van der Waals surface area contributed by atoms with Crippen LogP contribution < -0.4 is 10.6 Å². The molecule has 1 amide bonds. The van der Waals surface area contributed by atoms with Crippen molar-refractivity contribution < 1.29 is 4.79 Å². The molecule has 2 rings (SSSR count). The number of anilines is 2. The highest BCUT2D eigenvalue weighted by atomic mass is 16.1. The van der Waals surface area contributed by atoms with Gasteiger partial charge in [0.15, 0.2) is 0 Å². The number of hydrogen-bond acceptors (Lipinski definition) is 3. The third-order valence-electron chi connectivity index (χ3n) is 4.17. The van der Waals surface area contributed by atoms with E-state index in [4.69, 9.17) is 0 Å². The first-order valence-corrected chi connectivity index (χ1v) is 7.30. The van der Waals surface area contributed by atoms with Crippen molar-refractivity contribution in [1.82, 2.24) is 4.90 Å². The predicted molar refractivity (Wildman–Crippen MR) is 84.0 cm³/mol. The zero-order valence-electron chi connectivity index (χ0n) is 12.8. The molecule has 0 spiro atoms. The number of piperidine rings is 1. The van der Waals surface area contributed by atoms with Gasteiger partial charge in [0.05, 0.1) is 0 Å². The third-order valence-corrected chi connectivity index (χ3v) is 4.17. The van der Waals surface area contributed by atoms with Gasteiger partial charge in [-0.15, -0.1) is 0 Å². The standard InChI is InChI=1S/C16H25N3O/c1-11-10-19(4)12(2)9-16(11)18-15-7-5-14(6-8-15)17-13(3)20/h5-8,11-12,16,18H,9-10H2,1-4H3,(H,17,20). The van der Waals surface area contributed by atoms with Gasteiger partial charge < -0.3 is 15.5 Å². The lowest BCUT2D eigenvalue weighted by atomic mass is 9.89. The molecule has 1 saturated heterocycles. The van der Waals surface area contributed by atoms with Gasteiger partial charge in [0, 0.05) is 36.9 Å². The molecule has 1 aliphatic rings. The average molecular weight is 275 g/mol. The average Bonchev–Trinajstić information content (AvgIpc) is 2.37. The summed E-state index contributed by atoms with van der Waals surface area (Å²) in [7, 11) is 2.19. The Morgan fingerprint density at radius 2 is 1.80 bits per heavy atom. The topological polar surface area (TPSA) is 44.4 Å². The van der Waals surface area contributed by atoms with Crippen LogP contribution >= 0.6 is 0 Å². The highest BCUT2D eigenvalue weighted by Gasteiger charge is 2.28. The minimum atomic E-state index is -0.0385. The van der Waals surface area contributed by atoms with Gasteiger partial charge in [0.1, 0.15) is 0 Å². The van der Waals surface area contributed by atoms with Gasteiger partial charge in [-0.25, -0.2) is 0 Å². The van der Waals surface area contributed by atoms with E-state index in [0.29, 0.717) is 18.0 Å². The SMILES string of the molecule is CC(=O)Nc1ccc(NC2CC(C)N(C)CC2C)cc1. The normalized spacial score (nSPS) is 27.1. The number of likely N-dealkylation sites (tertiary alicyclic amines) is 1. The summed E-state index contributed by atoms with van der Waals surface area (Å²) in [5.41, 5.74) is 1.96. The Balaban J connectivity index is 1.97. The molecule has 1 fully saturated rings. The molecule has 0 bridgehead atoms. The first kappa shape index (κ1) is 14.9. The molecule has 20 heavy (non-hydrogen) atoms. The van der Waals surface area contributed by atoms with Crippen molar-refractivity contribution in [3.8, 4) is 0 Å². The summed E-state index contributed by atoms with van der Waals surface area (Å²) >= 11 is 0. The van der Waals surface area contributed by atoms with Crippen LogP contribution in [-0.2, 0) is 4.79 Å². The van der Waals surface area contributed by atoms with E-state index in [-0.39, 0.29) is 5.91 Å². The summed E-state index contributed by atoms with van der Waals surface area (Å²) in [4.78, 5) is 13.4. The van der Waals surface area contributed by atoms with Crippen molar-refractivity contribution in [2.75, 3.05) is 24.2 Å². The van der Waals surface area contributed by atoms with E-state index >= 15 is 0 Å². The molecule has 1 aromatic rings. The molecule has 4 nitrogen and oxygen atoms in total. The van der Waals surface area contributed by atoms with Gasteiger partial charge in [-0.05, 0) is 50.6 Å². The van der Waals surface area contributed by atoms with Gasteiger partial charge in [0.25, 0.3) is 0 Å². The van der Waals surface area contributed by atoms with E-state index in [1.165, 1.54) is 6.92 Å². The van der Waals surface area contributed by atoms with Crippen LogP contribution in [0.4, 0.5) is 11.4 Å². The Hall–Kier alpha value is -1.55. The molecule has 1 aromatic carbocycles. The molecule has 3 unspecified atom stereocenters. The summed E-state index contributed by atoms with van der Waals surface area (Å²) < 4.78 is 0. The van der Waals surface area contributed by atoms with Crippen LogP contribution in [-0.4, -0.2) is 36.5 Å². The fraction of sp³-hybridized carbons (Fsp3) is 0.562. The van der Waals surface area contributed by atoms with Crippen molar-refractivity contribution >= 4 is 17.3 Å². The van der Waals surface area contributed by atoms with Crippen molar-refractivity contribution in [2.45, 2.75) is 39.3 Å². The van der Waals surface area contributed by atoms with Gasteiger partial charge >= 0.3 is 0 Å². The smallest absolute Gasteiger partial charge is 0.221 e. The molecule has 0 aliphatic carbocycles. The number of nitrogens with zero attached hydrogens (tertiary/aromatic N) is 1. The minimum absolute atomic E-state index is 0.0385. The molecule has 0 radical (unpaired) electrons. The Morgan fingerprint density at radius 3 is 2.40 bits per heavy atom. The van der Waals surface area contributed by atoms with Crippen molar-refractivity contribution in [3.05, 3.63) is 24.3 Å². The molecule has 1 heterocycles. The molecule has 2 N–H and O–H groups in total. The fourth-order valence-electron chi connectivity index (χ4n) is 2.81. The van der Waals surface area contributed by atoms with E-state index in [1.54, 1.807) is 0 Å². The molecule has 4 heteroatoms. The number of hydrogen-bond donors (Lipinski definition) is 2. The van der Waals surface area contributed by atoms with Crippen LogP contribution in [0.3, 0.4) is 0 Å². The summed E-state index contributed by atoms with van der Waals surface area (Å²) in [6.45, 7) is 7.22. The monoisotopic (exact) mass is 275 g/mol. The zero-order chi connectivity index (χ0) is 14.7. The fourth-order valence-corrected chi connectivity index (χ4v) is 2.81. The Kier molecular flexibility index (Phi) is 4.65. The van der Waals surface area contributed by atoms with Crippen LogP contribution in [0.15, 0.2) is 24.3 Å². The summed E-state index contributed by atoms with van der Waals surface area (Å²) in [6.07, 6.45) is 1.16. The van der Waals surface area contributed by atoms with Crippen LogP contribution in [0.5, 0.6) is 0 Å². The highest BCUT2D eigenvalue weighted by Crippen LogP contribution is 2.24. The van der Waals surface area contributed by atoms with Crippen molar-refractivity contribution in [1.29, 1.82) is 0 Å². The van der Waals surface area contributed by atoms with Crippen LogP contribution in [0.1, 0.15) is 27.2 Å². The number of nitrogens with one attached hydrogen (secondary N) is 2. The lowest BCUT2D eigenvalue weighted by Gasteiger charge is -2.40. The second-order valence-electron chi connectivity index (χ2n) is 6.01. The largest absolute Gasteiger partial charge is 0.382 e. The second kappa shape index (κ2) is 6.27. The maximum Gasteiger partial charge on any atom is 0.221 e. The first-order chi connectivity index (χ1) is 9.45. The van der Waals surface area contributed by atoms with Gasteiger partial charge in [-0.3, -0.25) is 4.79 Å². The van der Waals surface area contributed by atoms with Crippen molar-refractivity contribution in [2.24, 2.45) is 5.92 Å². The second-order valence-corrected chi connectivity index (χ2v) is 6.01. The molecular weight excluding hydrogens is 250 g/mol. The number of amides is 1. The lowest BCUT2D eigenvalue weighted by molar-refractivity contribution is -0.114. The van der Waals surface area contributed by atoms with Crippen LogP contribution in [0.2, 0.25) is 0 Å². The van der Waals surface area contributed by atoms with E-state index in [2.05, 4.69) is 36.4 Å². The van der Waals surface area contributed by atoms with Crippen LogP contribution in [0, 0.1) is 5.92 Å². The predicted octanol–water partition coefficient (Wildman–Crippen LogP) is 2.79. The number of rotatable bonds is 3.